The quantitative estimate of drug-likeness (QED) is 0.459. The maximum absolute atomic E-state index is 13.2. The summed E-state index contributed by atoms with van der Waals surface area (Å²) in [6.07, 6.45) is 3.28. The molecule has 164 valence electrons. The lowest BCUT2D eigenvalue weighted by atomic mass is 10.1. The summed E-state index contributed by atoms with van der Waals surface area (Å²) in [4.78, 5) is 16.6. The van der Waals surface area contributed by atoms with Crippen molar-refractivity contribution in [3.8, 4) is 11.4 Å². The van der Waals surface area contributed by atoms with E-state index in [0.29, 0.717) is 24.6 Å². The Bertz CT molecular complexity index is 1200. The molecule has 0 fully saturated rings. The lowest BCUT2D eigenvalue weighted by Crippen LogP contribution is -2.15. The number of hydrogen-bond acceptors (Lipinski definition) is 5. The summed E-state index contributed by atoms with van der Waals surface area (Å²) in [6.45, 7) is 4.77. The normalized spacial score (nSPS) is 10.8. The van der Waals surface area contributed by atoms with E-state index in [0.717, 1.165) is 22.6 Å². The summed E-state index contributed by atoms with van der Waals surface area (Å²) in [5.41, 5.74) is 3.83. The second-order valence-electron chi connectivity index (χ2n) is 7.30. The maximum Gasteiger partial charge on any atom is 0.228 e. The second-order valence-corrected chi connectivity index (χ2v) is 7.30. The van der Waals surface area contributed by atoms with Crippen molar-refractivity contribution in [2.45, 2.75) is 26.8 Å². The fraction of sp³-hybridized carbons (Fsp3) is 0.217. The molecule has 0 atom stereocenters. The molecule has 0 spiro atoms. The van der Waals surface area contributed by atoms with Crippen LogP contribution in [0.2, 0.25) is 0 Å². The minimum Gasteiger partial charge on any atom is -0.492 e. The van der Waals surface area contributed by atoms with E-state index >= 15 is 0 Å². The number of amides is 1. The number of benzene rings is 2. The summed E-state index contributed by atoms with van der Waals surface area (Å²) in [5.74, 6) is 0.188. The van der Waals surface area contributed by atoms with Gasteiger partial charge in [0.1, 0.15) is 30.8 Å². The summed E-state index contributed by atoms with van der Waals surface area (Å²) in [5, 5.41) is 11.5. The van der Waals surface area contributed by atoms with Gasteiger partial charge >= 0.3 is 0 Å². The van der Waals surface area contributed by atoms with Crippen molar-refractivity contribution in [2.75, 3.05) is 11.9 Å². The topological polar surface area (TPSA) is 86.9 Å². The molecule has 8 nitrogen and oxygen atoms in total. The average Bonchev–Trinajstić information content (AvgIpc) is 3.38. The Hall–Kier alpha value is -4.01. The predicted molar refractivity (Wildman–Crippen MR) is 117 cm³/mol. The summed E-state index contributed by atoms with van der Waals surface area (Å²) in [7, 11) is 0. The molecular weight excluding hydrogens is 411 g/mol. The summed E-state index contributed by atoms with van der Waals surface area (Å²) >= 11 is 0. The zero-order valence-electron chi connectivity index (χ0n) is 17.8. The van der Waals surface area contributed by atoms with E-state index in [1.54, 1.807) is 33.9 Å². The Morgan fingerprint density at radius 1 is 1.16 bits per heavy atom. The van der Waals surface area contributed by atoms with Crippen LogP contribution in [-0.4, -0.2) is 37.1 Å². The Balaban J connectivity index is 1.39. The number of anilines is 1. The fourth-order valence-electron chi connectivity index (χ4n) is 3.40. The number of nitrogens with one attached hydrogen (secondary N) is 1. The molecule has 0 unspecified atom stereocenters. The van der Waals surface area contributed by atoms with Gasteiger partial charge in [0.05, 0.1) is 24.3 Å². The highest BCUT2D eigenvalue weighted by Crippen LogP contribution is 2.21. The van der Waals surface area contributed by atoms with Gasteiger partial charge < -0.3 is 10.1 Å². The third kappa shape index (κ3) is 5.00. The molecule has 0 saturated carbocycles. The van der Waals surface area contributed by atoms with Crippen LogP contribution in [0.25, 0.3) is 5.69 Å². The number of ether oxygens (including phenoxy) is 1. The van der Waals surface area contributed by atoms with Crippen LogP contribution in [0.15, 0.2) is 61.2 Å². The van der Waals surface area contributed by atoms with Crippen LogP contribution in [-0.2, 0) is 17.8 Å². The first-order valence-corrected chi connectivity index (χ1v) is 10.2. The molecule has 0 aliphatic heterocycles. The number of hydrogen-bond donors (Lipinski definition) is 1. The molecule has 2 aromatic carbocycles. The van der Waals surface area contributed by atoms with Crippen molar-refractivity contribution in [1.29, 1.82) is 0 Å². The smallest absolute Gasteiger partial charge is 0.228 e. The number of rotatable bonds is 8. The van der Waals surface area contributed by atoms with Crippen molar-refractivity contribution in [3.05, 3.63) is 84.0 Å². The molecular formula is C23H23FN6O2. The lowest BCUT2D eigenvalue weighted by molar-refractivity contribution is -0.115. The molecule has 0 saturated heterocycles. The Labute approximate surface area is 184 Å². The predicted octanol–water partition coefficient (Wildman–Crippen LogP) is 3.48. The average molecular weight is 434 g/mol. The van der Waals surface area contributed by atoms with Crippen LogP contribution in [0.4, 0.5) is 10.1 Å². The van der Waals surface area contributed by atoms with Crippen LogP contribution >= 0.6 is 0 Å². The molecule has 0 radical (unpaired) electrons. The highest BCUT2D eigenvalue weighted by Gasteiger charge is 2.16. The Morgan fingerprint density at radius 2 is 1.97 bits per heavy atom. The van der Waals surface area contributed by atoms with E-state index in [-0.39, 0.29) is 18.1 Å². The van der Waals surface area contributed by atoms with Gasteiger partial charge in [-0.25, -0.2) is 18.7 Å². The van der Waals surface area contributed by atoms with Gasteiger partial charge in [0.2, 0.25) is 5.91 Å². The summed E-state index contributed by atoms with van der Waals surface area (Å²) < 4.78 is 22.4. The van der Waals surface area contributed by atoms with Crippen LogP contribution in [0.5, 0.6) is 5.75 Å². The molecule has 0 aliphatic carbocycles. The molecule has 9 heteroatoms. The number of carbonyl (C=O) groups is 1. The zero-order valence-corrected chi connectivity index (χ0v) is 17.8. The van der Waals surface area contributed by atoms with Gasteiger partial charge in [-0.2, -0.15) is 10.2 Å². The Kier molecular flexibility index (Phi) is 6.25. The molecule has 1 N–H and O–H groups in total. The van der Waals surface area contributed by atoms with Gasteiger partial charge in [-0.1, -0.05) is 6.07 Å². The van der Waals surface area contributed by atoms with Crippen molar-refractivity contribution in [3.63, 3.8) is 0 Å². The molecule has 2 heterocycles. The number of halogens is 1. The molecule has 32 heavy (non-hydrogen) atoms. The van der Waals surface area contributed by atoms with Gasteiger partial charge in [0.15, 0.2) is 0 Å². The second kappa shape index (κ2) is 9.42. The van der Waals surface area contributed by atoms with Crippen LogP contribution in [0.3, 0.4) is 0 Å². The monoisotopic (exact) mass is 434 g/mol. The van der Waals surface area contributed by atoms with Gasteiger partial charge in [-0.15, -0.1) is 0 Å². The number of aryl methyl sites for hydroxylation is 1. The van der Waals surface area contributed by atoms with E-state index < -0.39 is 0 Å². The molecule has 4 aromatic rings. The van der Waals surface area contributed by atoms with Gasteiger partial charge in [0.25, 0.3) is 0 Å². The number of nitrogens with zero attached hydrogens (tertiary/aromatic N) is 5. The van der Waals surface area contributed by atoms with Crippen molar-refractivity contribution in [1.82, 2.24) is 24.5 Å². The first kappa shape index (κ1) is 21.2. The zero-order chi connectivity index (χ0) is 22.5. The number of carbonyl (C=O) groups excluding carboxylic acids is 1. The SMILES string of the molecule is Cc1nn(-c2ccc(F)cc2)c(C)c1CC(=O)Nc1cccc(OCCn2cncn2)c1. The largest absolute Gasteiger partial charge is 0.492 e. The molecule has 2 aromatic heterocycles. The minimum atomic E-state index is -0.306. The van der Waals surface area contributed by atoms with E-state index in [2.05, 4.69) is 20.5 Å². The third-order valence-corrected chi connectivity index (χ3v) is 5.02. The van der Waals surface area contributed by atoms with Gasteiger partial charge in [-0.3, -0.25) is 4.79 Å². The van der Waals surface area contributed by atoms with E-state index in [9.17, 15) is 9.18 Å². The van der Waals surface area contributed by atoms with Crippen LogP contribution < -0.4 is 10.1 Å². The van der Waals surface area contributed by atoms with Gasteiger partial charge in [-0.05, 0) is 50.2 Å². The van der Waals surface area contributed by atoms with Crippen LogP contribution in [0, 0.1) is 19.7 Å². The number of aromatic nitrogens is 5. The highest BCUT2D eigenvalue weighted by molar-refractivity contribution is 5.92. The summed E-state index contributed by atoms with van der Waals surface area (Å²) in [6, 6.07) is 13.3. The first-order chi connectivity index (χ1) is 15.5. The molecule has 0 aliphatic rings. The maximum atomic E-state index is 13.2. The fourth-order valence-corrected chi connectivity index (χ4v) is 3.40. The molecule has 1 amide bonds. The van der Waals surface area contributed by atoms with E-state index in [1.807, 2.05) is 32.0 Å². The molecule has 0 bridgehead atoms. The highest BCUT2D eigenvalue weighted by atomic mass is 19.1. The standard InChI is InChI=1S/C23H23FN6O2/c1-16-22(17(2)30(28-16)20-8-6-18(24)7-9-20)13-23(31)27-19-4-3-5-21(12-19)32-11-10-29-15-25-14-26-29/h3-9,12,14-15H,10-11,13H2,1-2H3,(H,27,31). The van der Waals surface area contributed by atoms with Gasteiger partial charge in [0, 0.05) is 23.0 Å². The third-order valence-electron chi connectivity index (χ3n) is 5.02. The van der Waals surface area contributed by atoms with Crippen LogP contribution in [0.1, 0.15) is 17.0 Å². The van der Waals surface area contributed by atoms with Crippen molar-refractivity contribution < 1.29 is 13.9 Å². The molecule has 4 rings (SSSR count). The van der Waals surface area contributed by atoms with Crippen molar-refractivity contribution in [2.24, 2.45) is 0 Å². The van der Waals surface area contributed by atoms with E-state index in [4.69, 9.17) is 4.74 Å². The Morgan fingerprint density at radius 3 is 2.72 bits per heavy atom. The minimum absolute atomic E-state index is 0.158. The van der Waals surface area contributed by atoms with Crippen molar-refractivity contribution >= 4 is 11.6 Å². The van der Waals surface area contributed by atoms with E-state index in [1.165, 1.54) is 18.5 Å². The first-order valence-electron chi connectivity index (χ1n) is 10.2. The lowest BCUT2D eigenvalue weighted by Gasteiger charge is -2.10.